The highest BCUT2D eigenvalue weighted by atomic mass is 19.4. The van der Waals surface area contributed by atoms with Crippen molar-refractivity contribution in [3.8, 4) is 0 Å². The summed E-state index contributed by atoms with van der Waals surface area (Å²) in [6, 6.07) is 0.385. The van der Waals surface area contributed by atoms with Crippen molar-refractivity contribution in [2.24, 2.45) is 0 Å². The van der Waals surface area contributed by atoms with Crippen LogP contribution in [0.1, 0.15) is 104 Å². The molecule has 0 aliphatic carbocycles. The Morgan fingerprint density at radius 3 is 1.62 bits per heavy atom. The van der Waals surface area contributed by atoms with E-state index in [0.29, 0.717) is 19.1 Å². The average Bonchev–Trinajstić information content (AvgIpc) is 2.59. The maximum absolute atomic E-state index is 13.0. The number of likely N-dealkylation sites (tertiary alicyclic amines) is 1. The summed E-state index contributed by atoms with van der Waals surface area (Å²) < 4.78 is 39.1. The summed E-state index contributed by atoms with van der Waals surface area (Å²) in [6.07, 6.45) is 9.58. The van der Waals surface area contributed by atoms with Crippen molar-refractivity contribution in [2.75, 3.05) is 13.1 Å². The van der Waals surface area contributed by atoms with Crippen LogP contribution < -0.4 is 0 Å². The van der Waals surface area contributed by atoms with Gasteiger partial charge in [-0.05, 0) is 25.7 Å². The lowest BCUT2D eigenvalue weighted by Crippen LogP contribution is -2.55. The predicted molar refractivity (Wildman–Crippen MR) is 102 cm³/mol. The number of hydrogen-bond acceptors (Lipinski definition) is 2. The Kier molecular flexibility index (Phi) is 11.2. The number of aliphatic hydroxyl groups is 1. The van der Waals surface area contributed by atoms with Crippen LogP contribution in [0.4, 0.5) is 13.2 Å². The fraction of sp³-hybridized carbons (Fsp3) is 1.00. The molecule has 1 heterocycles. The van der Waals surface area contributed by atoms with E-state index in [9.17, 15) is 18.3 Å². The molecule has 0 aromatic rings. The van der Waals surface area contributed by atoms with E-state index in [1.54, 1.807) is 0 Å². The van der Waals surface area contributed by atoms with Crippen LogP contribution >= 0.6 is 0 Å². The SMILES string of the molecule is CCCCCCCC(CCCCCCC)N1CCC(O)(C(F)(F)F)CC1. The van der Waals surface area contributed by atoms with E-state index < -0.39 is 11.8 Å². The topological polar surface area (TPSA) is 23.5 Å². The van der Waals surface area contributed by atoms with Crippen molar-refractivity contribution >= 4 is 0 Å². The normalized spacial score (nSPS) is 18.6. The highest BCUT2D eigenvalue weighted by Gasteiger charge is 2.54. The minimum absolute atomic E-state index is 0.182. The first-order valence-corrected chi connectivity index (χ1v) is 10.9. The third kappa shape index (κ3) is 8.16. The van der Waals surface area contributed by atoms with Crippen LogP contribution in [0.15, 0.2) is 0 Å². The number of nitrogens with zero attached hydrogens (tertiary/aromatic N) is 1. The van der Waals surface area contributed by atoms with Crippen LogP contribution in [-0.2, 0) is 0 Å². The van der Waals surface area contributed by atoms with E-state index in [1.165, 1.54) is 64.2 Å². The zero-order chi connectivity index (χ0) is 19.5. The molecule has 1 saturated heterocycles. The molecule has 0 unspecified atom stereocenters. The molecule has 0 atom stereocenters. The van der Waals surface area contributed by atoms with Gasteiger partial charge in [0.05, 0.1) is 0 Å². The average molecular weight is 380 g/mol. The van der Waals surface area contributed by atoms with Gasteiger partial charge in [0.25, 0.3) is 0 Å². The number of hydrogen-bond donors (Lipinski definition) is 1. The molecule has 156 valence electrons. The molecule has 1 fully saturated rings. The van der Waals surface area contributed by atoms with E-state index >= 15 is 0 Å². The fourth-order valence-electron chi connectivity index (χ4n) is 4.02. The molecular weight excluding hydrogens is 339 g/mol. The van der Waals surface area contributed by atoms with Crippen molar-refractivity contribution in [3.05, 3.63) is 0 Å². The Labute approximate surface area is 158 Å². The van der Waals surface area contributed by atoms with Gasteiger partial charge in [0.1, 0.15) is 0 Å². The summed E-state index contributed by atoms with van der Waals surface area (Å²) >= 11 is 0. The lowest BCUT2D eigenvalue weighted by atomic mass is 9.88. The lowest BCUT2D eigenvalue weighted by molar-refractivity contribution is -0.273. The van der Waals surface area contributed by atoms with Gasteiger partial charge in [-0.2, -0.15) is 13.2 Å². The summed E-state index contributed by atoms with van der Waals surface area (Å²) in [6.45, 7) is 5.14. The zero-order valence-electron chi connectivity index (χ0n) is 16.9. The first-order chi connectivity index (χ1) is 12.3. The number of alkyl halides is 3. The van der Waals surface area contributed by atoms with Crippen molar-refractivity contribution < 1.29 is 18.3 Å². The molecule has 26 heavy (non-hydrogen) atoms. The predicted octanol–water partition coefficient (Wildman–Crippen LogP) is 6.47. The largest absolute Gasteiger partial charge is 0.417 e. The highest BCUT2D eigenvalue weighted by Crippen LogP contribution is 2.39. The zero-order valence-corrected chi connectivity index (χ0v) is 16.9. The molecule has 0 saturated carbocycles. The maximum Gasteiger partial charge on any atom is 0.417 e. The molecule has 1 N–H and O–H groups in total. The van der Waals surface area contributed by atoms with E-state index in [0.717, 1.165) is 12.8 Å². The summed E-state index contributed by atoms with van der Waals surface area (Å²) in [5, 5.41) is 9.90. The molecule has 0 spiro atoms. The standard InChI is InChI=1S/C21H40F3NO/c1-3-5-7-9-11-13-19(14-12-10-8-6-4-2)25-17-15-20(26,16-18-25)21(22,23)24/h19,26H,3-18H2,1-2H3. The summed E-state index contributed by atoms with van der Waals surface area (Å²) in [7, 11) is 0. The van der Waals surface area contributed by atoms with Crippen molar-refractivity contribution in [1.29, 1.82) is 0 Å². The minimum atomic E-state index is -4.51. The van der Waals surface area contributed by atoms with Crippen LogP contribution in [0.2, 0.25) is 0 Å². The fourth-order valence-corrected chi connectivity index (χ4v) is 4.02. The smallest absolute Gasteiger partial charge is 0.380 e. The third-order valence-corrected chi connectivity index (χ3v) is 5.95. The molecule has 0 amide bonds. The molecular formula is C21H40F3NO. The van der Waals surface area contributed by atoms with E-state index in [-0.39, 0.29) is 12.8 Å². The summed E-state index contributed by atoms with van der Waals surface area (Å²) in [5.74, 6) is 0. The molecule has 1 rings (SSSR count). The Bertz CT molecular complexity index is 338. The Balaban J connectivity index is 2.47. The second-order valence-corrected chi connectivity index (χ2v) is 8.12. The van der Waals surface area contributed by atoms with Gasteiger partial charge in [0, 0.05) is 19.1 Å². The Morgan fingerprint density at radius 2 is 1.23 bits per heavy atom. The van der Waals surface area contributed by atoms with Gasteiger partial charge in [-0.25, -0.2) is 0 Å². The summed E-state index contributed by atoms with van der Waals surface area (Å²) in [5.41, 5.74) is -2.48. The molecule has 0 aromatic carbocycles. The quantitative estimate of drug-likeness (QED) is 0.371. The molecule has 0 aromatic heterocycles. The molecule has 1 aliphatic heterocycles. The summed E-state index contributed by atoms with van der Waals surface area (Å²) in [4.78, 5) is 2.22. The molecule has 1 aliphatic rings. The number of piperidine rings is 1. The van der Waals surface area contributed by atoms with E-state index in [2.05, 4.69) is 18.7 Å². The second kappa shape index (κ2) is 12.2. The van der Waals surface area contributed by atoms with Crippen LogP contribution in [0.25, 0.3) is 0 Å². The van der Waals surface area contributed by atoms with E-state index in [4.69, 9.17) is 0 Å². The van der Waals surface area contributed by atoms with Gasteiger partial charge < -0.3 is 10.0 Å². The molecule has 0 bridgehead atoms. The van der Waals surface area contributed by atoms with E-state index in [1.807, 2.05) is 0 Å². The van der Waals surface area contributed by atoms with Gasteiger partial charge in [-0.1, -0.05) is 78.1 Å². The van der Waals surface area contributed by atoms with Crippen molar-refractivity contribution in [3.63, 3.8) is 0 Å². The first-order valence-electron chi connectivity index (χ1n) is 10.9. The van der Waals surface area contributed by atoms with Gasteiger partial charge >= 0.3 is 6.18 Å². The Morgan fingerprint density at radius 1 is 0.808 bits per heavy atom. The monoisotopic (exact) mass is 379 g/mol. The van der Waals surface area contributed by atoms with Crippen molar-refractivity contribution in [2.45, 2.75) is 122 Å². The van der Waals surface area contributed by atoms with Gasteiger partial charge in [-0.15, -0.1) is 0 Å². The second-order valence-electron chi connectivity index (χ2n) is 8.12. The molecule has 0 radical (unpaired) electrons. The number of unbranched alkanes of at least 4 members (excludes halogenated alkanes) is 8. The minimum Gasteiger partial charge on any atom is -0.380 e. The van der Waals surface area contributed by atoms with Crippen molar-refractivity contribution in [1.82, 2.24) is 4.90 Å². The third-order valence-electron chi connectivity index (χ3n) is 5.95. The number of halogens is 3. The molecule has 5 heteroatoms. The Hall–Kier alpha value is -0.290. The van der Waals surface area contributed by atoms with Crippen LogP contribution in [-0.4, -0.2) is 40.9 Å². The first kappa shape index (κ1) is 23.7. The maximum atomic E-state index is 13.0. The highest BCUT2D eigenvalue weighted by molar-refractivity contribution is 4.93. The number of rotatable bonds is 13. The van der Waals surface area contributed by atoms with Gasteiger partial charge in [-0.3, -0.25) is 0 Å². The lowest BCUT2D eigenvalue weighted by Gasteiger charge is -2.42. The van der Waals surface area contributed by atoms with Gasteiger partial charge in [0.2, 0.25) is 0 Å². The van der Waals surface area contributed by atoms with Crippen LogP contribution in [0.5, 0.6) is 0 Å². The van der Waals surface area contributed by atoms with Crippen LogP contribution in [0, 0.1) is 0 Å². The molecule has 2 nitrogen and oxygen atoms in total. The van der Waals surface area contributed by atoms with Gasteiger partial charge in [0.15, 0.2) is 5.60 Å². The van der Waals surface area contributed by atoms with Crippen LogP contribution in [0.3, 0.4) is 0 Å².